The molecule has 2 rings (SSSR count). The number of aromatic nitrogens is 1. The summed E-state index contributed by atoms with van der Waals surface area (Å²) < 4.78 is 0. The Hall–Kier alpha value is -1.38. The van der Waals surface area contributed by atoms with Crippen LogP contribution in [0.1, 0.15) is 23.2 Å². The van der Waals surface area contributed by atoms with Crippen LogP contribution in [0.3, 0.4) is 0 Å². The molecule has 1 aromatic heterocycles. The van der Waals surface area contributed by atoms with Gasteiger partial charge in [-0.25, -0.2) is 0 Å². The zero-order valence-electron chi connectivity index (χ0n) is 6.66. The molecule has 3 heteroatoms. The molecule has 1 aliphatic carbocycles. The highest BCUT2D eigenvalue weighted by atomic mass is 16.1. The lowest BCUT2D eigenvalue weighted by molar-refractivity contribution is 0.0968. The predicted molar refractivity (Wildman–Crippen MR) is 45.7 cm³/mol. The molecule has 0 saturated heterocycles. The minimum Gasteiger partial charge on any atom is -0.397 e. The lowest BCUT2D eigenvalue weighted by atomic mass is 10.1. The summed E-state index contributed by atoms with van der Waals surface area (Å²) in [4.78, 5) is 15.3. The van der Waals surface area contributed by atoms with Gasteiger partial charge < -0.3 is 5.73 Å². The molecule has 0 spiro atoms. The van der Waals surface area contributed by atoms with Crippen molar-refractivity contribution in [2.24, 2.45) is 5.92 Å². The molecular formula is C9H10N2O. The number of ketones is 1. The van der Waals surface area contributed by atoms with Gasteiger partial charge in [0.1, 0.15) is 0 Å². The number of carbonyl (C=O) groups is 1. The molecule has 62 valence electrons. The van der Waals surface area contributed by atoms with Crippen LogP contribution in [-0.4, -0.2) is 10.8 Å². The van der Waals surface area contributed by atoms with Crippen molar-refractivity contribution in [2.45, 2.75) is 12.8 Å². The Morgan fingerprint density at radius 2 is 2.33 bits per heavy atom. The summed E-state index contributed by atoms with van der Waals surface area (Å²) in [5, 5.41) is 0. The van der Waals surface area contributed by atoms with Crippen LogP contribution in [0.5, 0.6) is 0 Å². The van der Waals surface area contributed by atoms with E-state index in [0.29, 0.717) is 11.3 Å². The van der Waals surface area contributed by atoms with Crippen LogP contribution in [0.25, 0.3) is 0 Å². The van der Waals surface area contributed by atoms with Crippen molar-refractivity contribution in [1.82, 2.24) is 4.98 Å². The first kappa shape index (κ1) is 7.28. The van der Waals surface area contributed by atoms with Crippen LogP contribution in [0, 0.1) is 5.92 Å². The number of hydrogen-bond donors (Lipinski definition) is 1. The third-order valence-electron chi connectivity index (χ3n) is 2.07. The molecule has 1 aromatic rings. The molecule has 0 atom stereocenters. The summed E-state index contributed by atoms with van der Waals surface area (Å²) in [6, 6.07) is 1.69. The fourth-order valence-electron chi connectivity index (χ4n) is 1.20. The van der Waals surface area contributed by atoms with E-state index in [0.717, 1.165) is 12.8 Å². The van der Waals surface area contributed by atoms with Gasteiger partial charge in [0, 0.05) is 17.7 Å². The molecule has 1 heterocycles. The van der Waals surface area contributed by atoms with Gasteiger partial charge in [-0.1, -0.05) is 0 Å². The van der Waals surface area contributed by atoms with E-state index in [-0.39, 0.29) is 11.7 Å². The molecule has 0 bridgehead atoms. The average molecular weight is 162 g/mol. The molecule has 3 nitrogen and oxygen atoms in total. The van der Waals surface area contributed by atoms with Gasteiger partial charge in [0.25, 0.3) is 0 Å². The predicted octanol–water partition coefficient (Wildman–Crippen LogP) is 1.26. The topological polar surface area (TPSA) is 56.0 Å². The minimum atomic E-state index is 0.176. The van der Waals surface area contributed by atoms with Gasteiger partial charge >= 0.3 is 0 Å². The van der Waals surface area contributed by atoms with Crippen LogP contribution >= 0.6 is 0 Å². The van der Waals surface area contributed by atoms with Crippen molar-refractivity contribution in [3.63, 3.8) is 0 Å². The monoisotopic (exact) mass is 162 g/mol. The third-order valence-corrected chi connectivity index (χ3v) is 2.07. The van der Waals surface area contributed by atoms with E-state index in [4.69, 9.17) is 5.73 Å². The van der Waals surface area contributed by atoms with E-state index in [1.165, 1.54) is 6.20 Å². The van der Waals surface area contributed by atoms with Crippen molar-refractivity contribution in [1.29, 1.82) is 0 Å². The number of nitrogens with zero attached hydrogens (tertiary/aromatic N) is 1. The molecular weight excluding hydrogens is 152 g/mol. The maximum absolute atomic E-state index is 11.5. The average Bonchev–Trinajstić information content (AvgIpc) is 2.86. The Morgan fingerprint density at radius 1 is 1.58 bits per heavy atom. The first-order valence-electron chi connectivity index (χ1n) is 4.03. The van der Waals surface area contributed by atoms with Gasteiger partial charge in [-0.05, 0) is 18.9 Å². The molecule has 1 saturated carbocycles. The normalized spacial score (nSPS) is 16.0. The fourth-order valence-corrected chi connectivity index (χ4v) is 1.20. The number of anilines is 1. The van der Waals surface area contributed by atoms with Crippen molar-refractivity contribution in [3.05, 3.63) is 24.0 Å². The number of hydrogen-bond acceptors (Lipinski definition) is 3. The number of Topliss-reactive ketones (excluding diaryl/α,β-unsaturated/α-hetero) is 1. The fraction of sp³-hybridized carbons (Fsp3) is 0.333. The summed E-state index contributed by atoms with van der Waals surface area (Å²) in [6.07, 6.45) is 5.16. The first-order chi connectivity index (χ1) is 5.79. The van der Waals surface area contributed by atoms with Crippen molar-refractivity contribution in [3.8, 4) is 0 Å². The third kappa shape index (κ3) is 1.18. The number of nitrogen functional groups attached to an aromatic ring is 1. The molecule has 12 heavy (non-hydrogen) atoms. The second kappa shape index (κ2) is 2.59. The Balaban J connectivity index is 2.32. The standard InChI is InChI=1S/C9H10N2O/c10-8-5-11-4-3-7(8)9(12)6-1-2-6/h3-6H,1-2,10H2. The van der Waals surface area contributed by atoms with Crippen LogP contribution < -0.4 is 5.73 Å². The summed E-state index contributed by atoms with van der Waals surface area (Å²) >= 11 is 0. The molecule has 0 aliphatic heterocycles. The van der Waals surface area contributed by atoms with E-state index in [2.05, 4.69) is 4.98 Å². The molecule has 0 unspecified atom stereocenters. The summed E-state index contributed by atoms with van der Waals surface area (Å²) in [6.45, 7) is 0. The van der Waals surface area contributed by atoms with E-state index >= 15 is 0 Å². The number of pyridine rings is 1. The largest absolute Gasteiger partial charge is 0.397 e. The molecule has 0 radical (unpaired) electrons. The second-order valence-electron chi connectivity index (χ2n) is 3.10. The van der Waals surface area contributed by atoms with E-state index in [9.17, 15) is 4.79 Å². The highest BCUT2D eigenvalue weighted by Gasteiger charge is 2.31. The Bertz CT molecular complexity index is 318. The van der Waals surface area contributed by atoms with E-state index in [1.54, 1.807) is 12.3 Å². The van der Waals surface area contributed by atoms with E-state index < -0.39 is 0 Å². The zero-order chi connectivity index (χ0) is 8.55. The van der Waals surface area contributed by atoms with Crippen LogP contribution in [0.4, 0.5) is 5.69 Å². The summed E-state index contributed by atoms with van der Waals surface area (Å²) in [5.41, 5.74) is 6.73. The van der Waals surface area contributed by atoms with Crippen molar-refractivity contribution in [2.75, 3.05) is 5.73 Å². The highest BCUT2D eigenvalue weighted by molar-refractivity contribution is 6.03. The van der Waals surface area contributed by atoms with Crippen LogP contribution in [-0.2, 0) is 0 Å². The van der Waals surface area contributed by atoms with Crippen molar-refractivity contribution < 1.29 is 4.79 Å². The first-order valence-corrected chi connectivity index (χ1v) is 4.03. The molecule has 1 aliphatic rings. The van der Waals surface area contributed by atoms with E-state index in [1.807, 2.05) is 0 Å². The van der Waals surface area contributed by atoms with Crippen molar-refractivity contribution >= 4 is 11.5 Å². The maximum atomic E-state index is 11.5. The van der Waals surface area contributed by atoms with Gasteiger partial charge in [-0.2, -0.15) is 0 Å². The highest BCUT2D eigenvalue weighted by Crippen LogP contribution is 2.33. The molecule has 2 N–H and O–H groups in total. The SMILES string of the molecule is Nc1cnccc1C(=O)C1CC1. The summed E-state index contributed by atoms with van der Waals surface area (Å²) in [5.74, 6) is 0.407. The lowest BCUT2D eigenvalue weighted by Gasteiger charge is -2.00. The maximum Gasteiger partial charge on any atom is 0.168 e. The molecule has 0 aromatic carbocycles. The Morgan fingerprint density at radius 3 is 2.92 bits per heavy atom. The number of rotatable bonds is 2. The second-order valence-corrected chi connectivity index (χ2v) is 3.10. The van der Waals surface area contributed by atoms with Gasteiger partial charge in [0.05, 0.1) is 11.9 Å². The molecule has 0 amide bonds. The number of carbonyl (C=O) groups excluding carboxylic acids is 1. The lowest BCUT2D eigenvalue weighted by Crippen LogP contribution is -2.05. The van der Waals surface area contributed by atoms with Crippen LogP contribution in [0.15, 0.2) is 18.5 Å². The minimum absolute atomic E-state index is 0.176. The van der Waals surface area contributed by atoms with Crippen LogP contribution in [0.2, 0.25) is 0 Å². The zero-order valence-corrected chi connectivity index (χ0v) is 6.66. The summed E-state index contributed by atoms with van der Waals surface area (Å²) in [7, 11) is 0. The molecule has 1 fully saturated rings. The van der Waals surface area contributed by atoms with Gasteiger partial charge in [0.15, 0.2) is 5.78 Å². The smallest absolute Gasteiger partial charge is 0.168 e. The quantitative estimate of drug-likeness (QED) is 0.666. The number of nitrogens with two attached hydrogens (primary N) is 1. The van der Waals surface area contributed by atoms with Gasteiger partial charge in [-0.15, -0.1) is 0 Å². The van der Waals surface area contributed by atoms with Gasteiger partial charge in [0.2, 0.25) is 0 Å². The van der Waals surface area contributed by atoms with Gasteiger partial charge in [-0.3, -0.25) is 9.78 Å². The Kier molecular flexibility index (Phi) is 1.57. The Labute approximate surface area is 70.6 Å².